The Morgan fingerprint density at radius 2 is 2.00 bits per heavy atom. The average Bonchev–Trinajstić information content (AvgIpc) is 2.32. The molecule has 2 N–H and O–H groups in total. The van der Waals surface area contributed by atoms with Gasteiger partial charge in [0.05, 0.1) is 5.69 Å². The second-order valence-corrected chi connectivity index (χ2v) is 4.00. The van der Waals surface area contributed by atoms with Crippen molar-refractivity contribution in [2.24, 2.45) is 11.7 Å². The average molecular weight is 224 g/mol. The van der Waals surface area contributed by atoms with Crippen molar-refractivity contribution in [2.45, 2.75) is 20.3 Å². The van der Waals surface area contributed by atoms with Gasteiger partial charge < -0.3 is 10.6 Å². The normalized spacial score (nSPS) is 12.5. The molecule has 2 nitrogen and oxygen atoms in total. The van der Waals surface area contributed by atoms with E-state index in [0.717, 1.165) is 19.5 Å². The maximum absolute atomic E-state index is 13.6. The van der Waals surface area contributed by atoms with Gasteiger partial charge in [-0.15, -0.1) is 0 Å². The molecule has 1 unspecified atom stereocenters. The second kappa shape index (κ2) is 6.48. The number of hydrogen-bond donors (Lipinski definition) is 1. The quantitative estimate of drug-likeness (QED) is 0.805. The van der Waals surface area contributed by atoms with Crippen LogP contribution in [0.25, 0.3) is 0 Å². The number of nitrogens with two attached hydrogens (primary N) is 1. The lowest BCUT2D eigenvalue weighted by Crippen LogP contribution is -2.33. The van der Waals surface area contributed by atoms with E-state index < -0.39 is 0 Å². The molecule has 0 aliphatic carbocycles. The van der Waals surface area contributed by atoms with Gasteiger partial charge >= 0.3 is 0 Å². The highest BCUT2D eigenvalue weighted by atomic mass is 19.1. The van der Waals surface area contributed by atoms with Crippen LogP contribution in [0.1, 0.15) is 20.3 Å². The Balaban J connectivity index is 2.78. The van der Waals surface area contributed by atoms with Crippen molar-refractivity contribution in [3.05, 3.63) is 30.1 Å². The minimum Gasteiger partial charge on any atom is -0.369 e. The molecule has 1 aromatic carbocycles. The number of benzene rings is 1. The lowest BCUT2D eigenvalue weighted by Gasteiger charge is -2.27. The molecular weight excluding hydrogens is 203 g/mol. The fourth-order valence-corrected chi connectivity index (χ4v) is 1.79. The summed E-state index contributed by atoms with van der Waals surface area (Å²) in [4.78, 5) is 2.05. The molecule has 90 valence electrons. The summed E-state index contributed by atoms with van der Waals surface area (Å²) >= 11 is 0. The van der Waals surface area contributed by atoms with Crippen molar-refractivity contribution in [1.29, 1.82) is 0 Å². The van der Waals surface area contributed by atoms with Crippen molar-refractivity contribution in [3.8, 4) is 0 Å². The van der Waals surface area contributed by atoms with Gasteiger partial charge in [0.15, 0.2) is 0 Å². The van der Waals surface area contributed by atoms with Gasteiger partial charge in [-0.3, -0.25) is 0 Å². The van der Waals surface area contributed by atoms with Crippen LogP contribution in [0.5, 0.6) is 0 Å². The van der Waals surface area contributed by atoms with Crippen molar-refractivity contribution >= 4 is 5.69 Å². The summed E-state index contributed by atoms with van der Waals surface area (Å²) in [5, 5.41) is 0. The number of para-hydroxylation sites is 1. The van der Waals surface area contributed by atoms with Crippen LogP contribution in [-0.4, -0.2) is 19.6 Å². The Hall–Kier alpha value is -1.09. The predicted molar refractivity (Wildman–Crippen MR) is 67.1 cm³/mol. The van der Waals surface area contributed by atoms with Crippen molar-refractivity contribution in [1.82, 2.24) is 0 Å². The van der Waals surface area contributed by atoms with Gasteiger partial charge in [0.1, 0.15) is 5.82 Å². The Labute approximate surface area is 97.3 Å². The van der Waals surface area contributed by atoms with Crippen LogP contribution in [-0.2, 0) is 0 Å². The van der Waals surface area contributed by atoms with Gasteiger partial charge in [-0.2, -0.15) is 0 Å². The lowest BCUT2D eigenvalue weighted by molar-refractivity contribution is 0.506. The minimum atomic E-state index is -0.156. The Bertz CT molecular complexity index is 311. The van der Waals surface area contributed by atoms with Crippen molar-refractivity contribution in [2.75, 3.05) is 24.5 Å². The van der Waals surface area contributed by atoms with E-state index in [1.165, 1.54) is 6.07 Å². The minimum absolute atomic E-state index is 0.156. The zero-order chi connectivity index (χ0) is 12.0. The summed E-state index contributed by atoms with van der Waals surface area (Å²) in [6.07, 6.45) is 1.03. The van der Waals surface area contributed by atoms with Crippen molar-refractivity contribution in [3.63, 3.8) is 0 Å². The number of hydrogen-bond acceptors (Lipinski definition) is 2. The molecule has 0 radical (unpaired) electrons. The second-order valence-electron chi connectivity index (χ2n) is 4.00. The summed E-state index contributed by atoms with van der Waals surface area (Å²) < 4.78 is 13.6. The molecule has 3 heteroatoms. The van der Waals surface area contributed by atoms with Crippen LogP contribution in [0, 0.1) is 11.7 Å². The summed E-state index contributed by atoms with van der Waals surface area (Å²) in [5.74, 6) is 0.274. The van der Waals surface area contributed by atoms with E-state index in [4.69, 9.17) is 5.73 Å². The third-order valence-electron chi connectivity index (χ3n) is 2.96. The molecule has 0 aliphatic heterocycles. The lowest BCUT2D eigenvalue weighted by atomic mass is 10.1. The SMILES string of the molecule is CCC(CN)CN(CC)c1ccccc1F. The summed E-state index contributed by atoms with van der Waals surface area (Å²) in [7, 11) is 0. The van der Waals surface area contributed by atoms with E-state index >= 15 is 0 Å². The van der Waals surface area contributed by atoms with Crippen LogP contribution >= 0.6 is 0 Å². The first-order valence-electron chi connectivity index (χ1n) is 5.92. The molecule has 0 spiro atoms. The zero-order valence-corrected chi connectivity index (χ0v) is 10.1. The van der Waals surface area contributed by atoms with E-state index in [9.17, 15) is 4.39 Å². The Kier molecular flexibility index (Phi) is 5.26. The highest BCUT2D eigenvalue weighted by Gasteiger charge is 2.13. The van der Waals surface area contributed by atoms with Crippen LogP contribution < -0.4 is 10.6 Å². The molecular formula is C13H21FN2. The number of rotatable bonds is 6. The maximum Gasteiger partial charge on any atom is 0.146 e. The van der Waals surface area contributed by atoms with Gasteiger partial charge in [-0.1, -0.05) is 25.5 Å². The first-order chi connectivity index (χ1) is 7.72. The molecule has 0 bridgehead atoms. The molecule has 1 rings (SSSR count). The van der Waals surface area contributed by atoms with Crippen LogP contribution in [0.3, 0.4) is 0 Å². The van der Waals surface area contributed by atoms with Crippen LogP contribution in [0.2, 0.25) is 0 Å². The largest absolute Gasteiger partial charge is 0.369 e. The molecule has 1 aromatic rings. The molecule has 16 heavy (non-hydrogen) atoms. The Morgan fingerprint density at radius 3 is 2.50 bits per heavy atom. The highest BCUT2D eigenvalue weighted by molar-refractivity contribution is 5.47. The fraction of sp³-hybridized carbons (Fsp3) is 0.538. The van der Waals surface area contributed by atoms with Gasteiger partial charge in [-0.05, 0) is 31.5 Å². The molecule has 0 heterocycles. The molecule has 0 amide bonds. The molecule has 0 saturated heterocycles. The molecule has 1 atom stereocenters. The smallest absolute Gasteiger partial charge is 0.146 e. The number of nitrogens with zero attached hydrogens (tertiary/aromatic N) is 1. The zero-order valence-electron chi connectivity index (χ0n) is 10.1. The third-order valence-corrected chi connectivity index (χ3v) is 2.96. The van der Waals surface area contributed by atoms with E-state index in [0.29, 0.717) is 18.2 Å². The first kappa shape index (κ1) is 13.0. The first-order valence-corrected chi connectivity index (χ1v) is 5.92. The van der Waals surface area contributed by atoms with E-state index in [1.54, 1.807) is 6.07 Å². The number of halogens is 1. The van der Waals surface area contributed by atoms with Crippen molar-refractivity contribution < 1.29 is 4.39 Å². The van der Waals surface area contributed by atoms with Crippen LogP contribution in [0.4, 0.5) is 10.1 Å². The molecule has 0 saturated carbocycles. The molecule has 0 aliphatic rings. The third kappa shape index (κ3) is 3.20. The summed E-state index contributed by atoms with van der Waals surface area (Å²) in [5.41, 5.74) is 6.36. The maximum atomic E-state index is 13.6. The molecule has 0 fully saturated rings. The number of anilines is 1. The highest BCUT2D eigenvalue weighted by Crippen LogP contribution is 2.20. The van der Waals surface area contributed by atoms with E-state index in [2.05, 4.69) is 11.8 Å². The van der Waals surface area contributed by atoms with Gasteiger partial charge in [-0.25, -0.2) is 4.39 Å². The topological polar surface area (TPSA) is 29.3 Å². The summed E-state index contributed by atoms with van der Waals surface area (Å²) in [6, 6.07) is 6.90. The fourth-order valence-electron chi connectivity index (χ4n) is 1.79. The van der Waals surface area contributed by atoms with Crippen LogP contribution in [0.15, 0.2) is 24.3 Å². The van der Waals surface area contributed by atoms with Gasteiger partial charge in [0.25, 0.3) is 0 Å². The standard InChI is InChI=1S/C13H21FN2/c1-3-11(9-15)10-16(4-2)13-8-6-5-7-12(13)14/h5-8,11H,3-4,9-10,15H2,1-2H3. The Morgan fingerprint density at radius 1 is 1.31 bits per heavy atom. The van der Waals surface area contributed by atoms with Gasteiger partial charge in [0.2, 0.25) is 0 Å². The summed E-state index contributed by atoms with van der Waals surface area (Å²) in [6.45, 7) is 6.44. The van der Waals surface area contributed by atoms with E-state index in [-0.39, 0.29) is 5.82 Å². The monoisotopic (exact) mass is 224 g/mol. The predicted octanol–water partition coefficient (Wildman–Crippen LogP) is 2.64. The van der Waals surface area contributed by atoms with E-state index in [1.807, 2.05) is 19.1 Å². The van der Waals surface area contributed by atoms with Gasteiger partial charge in [0, 0.05) is 13.1 Å². The molecule has 0 aromatic heterocycles.